The Morgan fingerprint density at radius 3 is 2.52 bits per heavy atom. The van der Waals surface area contributed by atoms with E-state index < -0.39 is 21.1 Å². The average molecular weight is 416 g/mol. The van der Waals surface area contributed by atoms with Crippen molar-refractivity contribution in [1.29, 1.82) is 0 Å². The summed E-state index contributed by atoms with van der Waals surface area (Å²) in [6.45, 7) is 1.86. The van der Waals surface area contributed by atoms with Crippen molar-refractivity contribution in [1.82, 2.24) is 0 Å². The van der Waals surface area contributed by atoms with Gasteiger partial charge >= 0.3 is 0 Å². The Balaban J connectivity index is 1.79. The smallest absolute Gasteiger partial charge is 0.271 e. The van der Waals surface area contributed by atoms with Crippen molar-refractivity contribution in [3.8, 4) is 5.75 Å². The molecule has 0 radical (unpaired) electrons. The van der Waals surface area contributed by atoms with E-state index in [-0.39, 0.29) is 40.3 Å². The second kappa shape index (κ2) is 7.14. The van der Waals surface area contributed by atoms with Crippen LogP contribution in [0.4, 0.5) is 11.4 Å². The number of ketones is 1. The van der Waals surface area contributed by atoms with Crippen molar-refractivity contribution >= 4 is 27.2 Å². The average Bonchev–Trinajstić information content (AvgIpc) is 3.13. The van der Waals surface area contributed by atoms with Crippen molar-refractivity contribution in [2.45, 2.75) is 37.2 Å². The van der Waals surface area contributed by atoms with Gasteiger partial charge in [0.05, 0.1) is 16.4 Å². The maximum atomic E-state index is 13.4. The highest BCUT2D eigenvalue weighted by Gasteiger charge is 2.40. The number of carbonyl (C=O) groups excluding carboxylic acids is 1. The van der Waals surface area contributed by atoms with Crippen molar-refractivity contribution in [3.63, 3.8) is 0 Å². The van der Waals surface area contributed by atoms with Crippen LogP contribution in [0.1, 0.15) is 24.8 Å². The molecule has 0 bridgehead atoms. The molecule has 1 aliphatic heterocycles. The highest BCUT2D eigenvalue weighted by atomic mass is 32.2. The van der Waals surface area contributed by atoms with Crippen LogP contribution in [0, 0.1) is 23.0 Å². The van der Waals surface area contributed by atoms with Crippen LogP contribution >= 0.6 is 0 Å². The van der Waals surface area contributed by atoms with E-state index in [0.29, 0.717) is 19.3 Å². The normalized spacial score (nSPS) is 21.6. The first-order valence-corrected chi connectivity index (χ1v) is 10.8. The SMILES string of the molecule is Cc1ccc(S(=O)(=O)N2CC(C3CCC(=O)C3)Oc3ccc([N+](=O)[O-])cc32)cc1. The van der Waals surface area contributed by atoms with E-state index in [1.54, 1.807) is 12.1 Å². The number of hydrogen-bond donors (Lipinski definition) is 0. The summed E-state index contributed by atoms with van der Waals surface area (Å²) in [6.07, 6.45) is 0.966. The van der Waals surface area contributed by atoms with Crippen LogP contribution in [0.2, 0.25) is 0 Å². The molecular formula is C20H20N2O6S. The van der Waals surface area contributed by atoms with Gasteiger partial charge in [0.25, 0.3) is 15.7 Å². The molecule has 9 heteroatoms. The lowest BCUT2D eigenvalue weighted by Crippen LogP contribution is -2.46. The molecule has 2 unspecified atom stereocenters. The number of rotatable bonds is 4. The fourth-order valence-corrected chi connectivity index (χ4v) is 5.33. The lowest BCUT2D eigenvalue weighted by atomic mass is 9.99. The number of fused-ring (bicyclic) bond motifs is 1. The van der Waals surface area contributed by atoms with E-state index in [9.17, 15) is 23.3 Å². The van der Waals surface area contributed by atoms with E-state index in [2.05, 4.69) is 0 Å². The molecule has 0 saturated heterocycles. The number of Topliss-reactive ketones (excluding diaryl/α,β-unsaturated/α-hetero) is 1. The molecule has 0 N–H and O–H groups in total. The van der Waals surface area contributed by atoms with Gasteiger partial charge in [0.15, 0.2) is 0 Å². The third-order valence-electron chi connectivity index (χ3n) is 5.46. The van der Waals surface area contributed by atoms with Crippen molar-refractivity contribution in [3.05, 3.63) is 58.1 Å². The predicted molar refractivity (Wildman–Crippen MR) is 106 cm³/mol. The first-order valence-electron chi connectivity index (χ1n) is 9.32. The molecule has 0 spiro atoms. The van der Waals surface area contributed by atoms with Gasteiger partial charge in [-0.3, -0.25) is 19.2 Å². The van der Waals surface area contributed by atoms with E-state index in [1.807, 2.05) is 6.92 Å². The summed E-state index contributed by atoms with van der Waals surface area (Å²) >= 11 is 0. The number of aryl methyl sites for hydroxylation is 1. The van der Waals surface area contributed by atoms with Crippen LogP contribution in [-0.4, -0.2) is 31.8 Å². The highest BCUT2D eigenvalue weighted by molar-refractivity contribution is 7.92. The number of carbonyl (C=O) groups is 1. The molecular weight excluding hydrogens is 396 g/mol. The summed E-state index contributed by atoms with van der Waals surface area (Å²) in [6, 6.07) is 10.4. The maximum absolute atomic E-state index is 13.4. The molecule has 29 heavy (non-hydrogen) atoms. The zero-order chi connectivity index (χ0) is 20.8. The monoisotopic (exact) mass is 416 g/mol. The lowest BCUT2D eigenvalue weighted by molar-refractivity contribution is -0.384. The first-order chi connectivity index (χ1) is 13.8. The number of nitrogens with zero attached hydrogens (tertiary/aromatic N) is 2. The molecule has 1 heterocycles. The Bertz CT molecular complexity index is 1080. The first kappa shape index (κ1) is 19.4. The minimum Gasteiger partial charge on any atom is -0.486 e. The standard InChI is InChI=1S/C20H20N2O6S/c1-13-2-7-17(8-3-13)29(26,27)21-12-20(14-4-6-16(23)10-14)28-19-9-5-15(22(24)25)11-18(19)21/h2-3,5,7-9,11,14,20H,4,6,10,12H2,1H3. The van der Waals surface area contributed by atoms with Gasteiger partial charge in [-0.15, -0.1) is 0 Å². The van der Waals surface area contributed by atoms with Gasteiger partial charge in [0.2, 0.25) is 0 Å². The molecule has 4 rings (SSSR count). The number of non-ortho nitro benzene ring substituents is 1. The van der Waals surface area contributed by atoms with Crippen molar-refractivity contribution in [2.24, 2.45) is 5.92 Å². The molecule has 2 atom stereocenters. The van der Waals surface area contributed by atoms with Crippen molar-refractivity contribution < 1.29 is 22.9 Å². The Morgan fingerprint density at radius 2 is 1.90 bits per heavy atom. The minimum atomic E-state index is -3.96. The number of nitro benzene ring substituents is 1. The van der Waals surface area contributed by atoms with Crippen LogP contribution in [0.15, 0.2) is 47.4 Å². The number of hydrogen-bond acceptors (Lipinski definition) is 6. The van der Waals surface area contributed by atoms with Gasteiger partial charge in [-0.25, -0.2) is 8.42 Å². The highest BCUT2D eigenvalue weighted by Crippen LogP contribution is 2.42. The van der Waals surface area contributed by atoms with Crippen LogP contribution < -0.4 is 9.04 Å². The van der Waals surface area contributed by atoms with Crippen LogP contribution in [-0.2, 0) is 14.8 Å². The van der Waals surface area contributed by atoms with Crippen LogP contribution in [0.25, 0.3) is 0 Å². The fraction of sp³-hybridized carbons (Fsp3) is 0.350. The van der Waals surface area contributed by atoms with Gasteiger partial charge in [-0.1, -0.05) is 17.7 Å². The second-order valence-electron chi connectivity index (χ2n) is 7.46. The van der Waals surface area contributed by atoms with Gasteiger partial charge in [-0.2, -0.15) is 0 Å². The Hall–Kier alpha value is -2.94. The van der Waals surface area contributed by atoms with E-state index in [4.69, 9.17) is 4.74 Å². The predicted octanol–water partition coefficient (Wildman–Crippen LogP) is 3.23. The third-order valence-corrected chi connectivity index (χ3v) is 7.26. The Labute approximate surface area is 168 Å². The number of benzene rings is 2. The molecule has 2 aliphatic rings. The summed E-state index contributed by atoms with van der Waals surface area (Å²) in [5.41, 5.74) is 0.843. The molecule has 2 aromatic rings. The Kier molecular flexibility index (Phi) is 4.77. The Morgan fingerprint density at radius 1 is 1.17 bits per heavy atom. The summed E-state index contributed by atoms with van der Waals surface area (Å²) < 4.78 is 34.0. The van der Waals surface area contributed by atoms with E-state index >= 15 is 0 Å². The summed E-state index contributed by atoms with van der Waals surface area (Å²) in [5.74, 6) is 0.324. The lowest BCUT2D eigenvalue weighted by Gasteiger charge is -2.37. The molecule has 8 nitrogen and oxygen atoms in total. The number of nitro groups is 1. The summed E-state index contributed by atoms with van der Waals surface area (Å²) in [5, 5.41) is 11.2. The molecule has 1 aliphatic carbocycles. The van der Waals surface area contributed by atoms with Gasteiger partial charge in [-0.05, 0) is 31.5 Å². The van der Waals surface area contributed by atoms with Crippen molar-refractivity contribution in [2.75, 3.05) is 10.8 Å². The molecule has 0 amide bonds. The third kappa shape index (κ3) is 3.57. The topological polar surface area (TPSA) is 107 Å². The number of ether oxygens (including phenoxy) is 1. The van der Waals surface area contributed by atoms with Gasteiger partial charge in [0, 0.05) is 30.9 Å². The van der Waals surface area contributed by atoms with Gasteiger partial charge < -0.3 is 4.74 Å². The zero-order valence-corrected chi connectivity index (χ0v) is 16.6. The van der Waals surface area contributed by atoms with Crippen LogP contribution in [0.5, 0.6) is 5.75 Å². The summed E-state index contributed by atoms with van der Waals surface area (Å²) in [4.78, 5) is 22.5. The largest absolute Gasteiger partial charge is 0.486 e. The maximum Gasteiger partial charge on any atom is 0.271 e. The van der Waals surface area contributed by atoms with E-state index in [0.717, 1.165) is 5.56 Å². The molecule has 0 aromatic heterocycles. The molecule has 1 saturated carbocycles. The zero-order valence-electron chi connectivity index (χ0n) is 15.8. The van der Waals surface area contributed by atoms with Gasteiger partial charge in [0.1, 0.15) is 23.3 Å². The number of sulfonamides is 1. The molecule has 1 fully saturated rings. The summed E-state index contributed by atoms with van der Waals surface area (Å²) in [7, 11) is -3.96. The molecule has 2 aromatic carbocycles. The molecule has 152 valence electrons. The van der Waals surface area contributed by atoms with E-state index in [1.165, 1.54) is 34.6 Å². The fourth-order valence-electron chi connectivity index (χ4n) is 3.85. The minimum absolute atomic E-state index is 0.00231. The van der Waals surface area contributed by atoms with Crippen LogP contribution in [0.3, 0.4) is 0 Å². The second-order valence-corrected chi connectivity index (χ2v) is 9.32. The quantitative estimate of drug-likeness (QED) is 0.559. The number of anilines is 1.